The molecule has 0 aromatic heterocycles. The van der Waals surface area contributed by atoms with Gasteiger partial charge in [0.05, 0.1) is 23.6 Å². The lowest BCUT2D eigenvalue weighted by molar-refractivity contribution is -0.115. The molecule has 1 N–H and O–H groups in total. The first-order chi connectivity index (χ1) is 13.8. The fourth-order valence-corrected chi connectivity index (χ4v) is 5.26. The lowest BCUT2D eigenvalue weighted by Crippen LogP contribution is -2.35. The molecule has 29 heavy (non-hydrogen) atoms. The number of halogens is 2. The van der Waals surface area contributed by atoms with Crippen molar-refractivity contribution in [1.82, 2.24) is 4.31 Å². The molecular formula is C20H22Cl2N2O4S. The van der Waals surface area contributed by atoms with Crippen molar-refractivity contribution in [2.45, 2.75) is 30.6 Å². The summed E-state index contributed by atoms with van der Waals surface area (Å²) in [5.74, 6) is -0.0482. The summed E-state index contributed by atoms with van der Waals surface area (Å²) >= 11 is 11.9. The van der Waals surface area contributed by atoms with Crippen LogP contribution in [0, 0.1) is 0 Å². The molecule has 1 aliphatic heterocycles. The van der Waals surface area contributed by atoms with E-state index in [1.165, 1.54) is 17.5 Å². The average molecular weight is 457 g/mol. The number of hydrogen-bond donors (Lipinski definition) is 1. The molecule has 1 aliphatic rings. The third kappa shape index (κ3) is 5.22. The third-order valence-corrected chi connectivity index (χ3v) is 7.39. The zero-order chi connectivity index (χ0) is 21.0. The zero-order valence-corrected chi connectivity index (χ0v) is 18.3. The summed E-state index contributed by atoms with van der Waals surface area (Å²) in [4.78, 5) is 12.5. The van der Waals surface area contributed by atoms with Gasteiger partial charge in [0.25, 0.3) is 0 Å². The van der Waals surface area contributed by atoms with Gasteiger partial charge in [-0.1, -0.05) is 35.7 Å². The largest absolute Gasteiger partial charge is 0.495 e. The van der Waals surface area contributed by atoms with Crippen LogP contribution in [-0.4, -0.2) is 38.8 Å². The summed E-state index contributed by atoms with van der Waals surface area (Å²) in [6.07, 6.45) is 2.77. The molecule has 0 atom stereocenters. The van der Waals surface area contributed by atoms with Crippen molar-refractivity contribution in [2.24, 2.45) is 0 Å². The fourth-order valence-electron chi connectivity index (χ4n) is 3.24. The van der Waals surface area contributed by atoms with Gasteiger partial charge >= 0.3 is 0 Å². The average Bonchev–Trinajstić information content (AvgIpc) is 2.71. The maximum Gasteiger partial charge on any atom is 0.246 e. The van der Waals surface area contributed by atoms with E-state index in [-0.39, 0.29) is 23.0 Å². The number of rotatable bonds is 6. The van der Waals surface area contributed by atoms with Crippen LogP contribution in [0.15, 0.2) is 41.3 Å². The van der Waals surface area contributed by atoms with Crippen molar-refractivity contribution in [3.05, 3.63) is 52.0 Å². The number of benzene rings is 2. The van der Waals surface area contributed by atoms with E-state index >= 15 is 0 Å². The Morgan fingerprint density at radius 2 is 1.79 bits per heavy atom. The number of methoxy groups -OCH3 is 1. The first kappa shape index (κ1) is 21.9. The first-order valence-electron chi connectivity index (χ1n) is 9.23. The van der Waals surface area contributed by atoms with E-state index in [4.69, 9.17) is 27.9 Å². The van der Waals surface area contributed by atoms with Gasteiger partial charge in [-0.25, -0.2) is 8.42 Å². The molecule has 1 amide bonds. The highest BCUT2D eigenvalue weighted by Gasteiger charge is 2.29. The molecule has 156 valence electrons. The smallest absolute Gasteiger partial charge is 0.246 e. The van der Waals surface area contributed by atoms with Crippen LogP contribution in [0.5, 0.6) is 5.75 Å². The van der Waals surface area contributed by atoms with Gasteiger partial charge < -0.3 is 10.1 Å². The van der Waals surface area contributed by atoms with E-state index in [9.17, 15) is 13.2 Å². The van der Waals surface area contributed by atoms with Crippen molar-refractivity contribution in [3.8, 4) is 5.75 Å². The van der Waals surface area contributed by atoms with Gasteiger partial charge in [-0.2, -0.15) is 4.31 Å². The van der Waals surface area contributed by atoms with E-state index in [0.29, 0.717) is 34.4 Å². The topological polar surface area (TPSA) is 75.7 Å². The second-order valence-corrected chi connectivity index (χ2v) is 9.52. The van der Waals surface area contributed by atoms with E-state index < -0.39 is 10.0 Å². The van der Waals surface area contributed by atoms with Crippen LogP contribution >= 0.6 is 23.2 Å². The Hall–Kier alpha value is -1.80. The van der Waals surface area contributed by atoms with Crippen LogP contribution in [0.4, 0.5) is 5.69 Å². The Morgan fingerprint density at radius 1 is 1.07 bits per heavy atom. The lowest BCUT2D eigenvalue weighted by Gasteiger charge is -2.26. The molecule has 2 aromatic carbocycles. The Balaban J connectivity index is 1.80. The molecule has 0 spiro atoms. The number of carbonyl (C=O) groups is 1. The number of amides is 1. The standard InChI is InChI=1S/C20H22Cl2N2O4S/c1-28-18-8-6-15(13-19(18)29(26,27)24-9-3-2-4-10-24)23-20(25)12-14-5-7-16(21)17(22)11-14/h5-8,11,13H,2-4,9-10,12H2,1H3,(H,23,25). The predicted octanol–water partition coefficient (Wildman–Crippen LogP) is 4.36. The number of hydrogen-bond acceptors (Lipinski definition) is 4. The Morgan fingerprint density at radius 3 is 2.45 bits per heavy atom. The number of carbonyl (C=O) groups excluding carboxylic acids is 1. The molecule has 0 radical (unpaired) electrons. The van der Waals surface area contributed by atoms with Crippen molar-refractivity contribution < 1.29 is 17.9 Å². The summed E-state index contributed by atoms with van der Waals surface area (Å²) in [7, 11) is -2.28. The highest BCUT2D eigenvalue weighted by atomic mass is 35.5. The van der Waals surface area contributed by atoms with Gasteiger partial charge in [0.15, 0.2) is 0 Å². The van der Waals surface area contributed by atoms with Gasteiger partial charge in [-0.3, -0.25) is 4.79 Å². The maximum atomic E-state index is 13.1. The number of anilines is 1. The monoisotopic (exact) mass is 456 g/mol. The minimum absolute atomic E-state index is 0.0502. The lowest BCUT2D eigenvalue weighted by atomic mass is 10.1. The van der Waals surface area contributed by atoms with Crippen LogP contribution in [-0.2, 0) is 21.2 Å². The molecule has 0 aliphatic carbocycles. The van der Waals surface area contributed by atoms with Crippen LogP contribution in [0.3, 0.4) is 0 Å². The molecule has 3 rings (SSSR count). The van der Waals surface area contributed by atoms with Gasteiger partial charge in [0.2, 0.25) is 15.9 Å². The summed E-state index contributed by atoms with van der Waals surface area (Å²) in [6, 6.07) is 9.57. The van der Waals surface area contributed by atoms with Crippen LogP contribution in [0.2, 0.25) is 10.0 Å². The van der Waals surface area contributed by atoms with Gasteiger partial charge in [0, 0.05) is 18.8 Å². The quantitative estimate of drug-likeness (QED) is 0.700. The molecule has 9 heteroatoms. The fraction of sp³-hybridized carbons (Fsp3) is 0.350. The molecule has 1 saturated heterocycles. The number of nitrogens with zero attached hydrogens (tertiary/aromatic N) is 1. The van der Waals surface area contributed by atoms with Gasteiger partial charge in [-0.05, 0) is 48.7 Å². The van der Waals surface area contributed by atoms with Crippen molar-refractivity contribution in [2.75, 3.05) is 25.5 Å². The normalized spacial score (nSPS) is 15.1. The predicted molar refractivity (Wildman–Crippen MR) is 114 cm³/mol. The van der Waals surface area contributed by atoms with Crippen molar-refractivity contribution in [3.63, 3.8) is 0 Å². The van der Waals surface area contributed by atoms with Gasteiger partial charge in [-0.15, -0.1) is 0 Å². The molecular weight excluding hydrogens is 435 g/mol. The Bertz CT molecular complexity index is 1010. The molecule has 1 fully saturated rings. The number of ether oxygens (including phenoxy) is 1. The van der Waals surface area contributed by atoms with E-state index in [0.717, 1.165) is 19.3 Å². The third-order valence-electron chi connectivity index (χ3n) is 4.73. The second-order valence-electron chi connectivity index (χ2n) is 6.80. The Labute approximate surface area is 180 Å². The number of piperidine rings is 1. The second kappa shape index (κ2) is 9.34. The molecule has 6 nitrogen and oxygen atoms in total. The first-order valence-corrected chi connectivity index (χ1v) is 11.4. The van der Waals surface area contributed by atoms with E-state index in [1.54, 1.807) is 30.3 Å². The highest BCUT2D eigenvalue weighted by Crippen LogP contribution is 2.31. The molecule has 1 heterocycles. The highest BCUT2D eigenvalue weighted by molar-refractivity contribution is 7.89. The molecule has 0 saturated carbocycles. The minimum Gasteiger partial charge on any atom is -0.495 e. The SMILES string of the molecule is COc1ccc(NC(=O)Cc2ccc(Cl)c(Cl)c2)cc1S(=O)(=O)N1CCCCC1. The van der Waals surface area contributed by atoms with Crippen LogP contribution in [0.1, 0.15) is 24.8 Å². The molecule has 0 unspecified atom stereocenters. The van der Waals surface area contributed by atoms with Crippen molar-refractivity contribution in [1.29, 1.82) is 0 Å². The maximum absolute atomic E-state index is 13.1. The molecule has 2 aromatic rings. The molecule has 0 bridgehead atoms. The van der Waals surface area contributed by atoms with E-state index in [1.807, 2.05) is 0 Å². The van der Waals surface area contributed by atoms with Gasteiger partial charge in [0.1, 0.15) is 10.6 Å². The summed E-state index contributed by atoms with van der Waals surface area (Å²) < 4.78 is 32.9. The minimum atomic E-state index is -3.71. The summed E-state index contributed by atoms with van der Waals surface area (Å²) in [5, 5.41) is 3.52. The Kier molecular flexibility index (Phi) is 7.05. The van der Waals surface area contributed by atoms with Crippen molar-refractivity contribution >= 4 is 44.8 Å². The van der Waals surface area contributed by atoms with Crippen LogP contribution < -0.4 is 10.1 Å². The number of sulfonamides is 1. The summed E-state index contributed by atoms with van der Waals surface area (Å²) in [6.45, 7) is 0.971. The zero-order valence-electron chi connectivity index (χ0n) is 16.0. The summed E-state index contributed by atoms with van der Waals surface area (Å²) in [5.41, 5.74) is 1.08. The van der Waals surface area contributed by atoms with E-state index in [2.05, 4.69) is 5.32 Å². The number of nitrogens with one attached hydrogen (secondary N) is 1. The van der Waals surface area contributed by atoms with Crippen LogP contribution in [0.25, 0.3) is 0 Å².